The molecule has 1 saturated heterocycles. The third-order valence-corrected chi connectivity index (χ3v) is 3.72. The minimum absolute atomic E-state index is 0.0270. The van der Waals surface area contributed by atoms with Crippen molar-refractivity contribution < 1.29 is 9.59 Å². The van der Waals surface area contributed by atoms with Gasteiger partial charge in [-0.3, -0.25) is 14.9 Å². The molecule has 2 fully saturated rings. The standard InChI is InChI=1S/C11H17NO2/c1-7-10(14)12-9(13)6-11(7,2)5-8-3-4-8/h7-8H,3-6H2,1-2H3,(H,12,13,14). The molecule has 2 unspecified atom stereocenters. The van der Waals surface area contributed by atoms with Crippen LogP contribution in [0.4, 0.5) is 0 Å². The third kappa shape index (κ3) is 1.68. The summed E-state index contributed by atoms with van der Waals surface area (Å²) >= 11 is 0. The van der Waals surface area contributed by atoms with Crippen LogP contribution in [0.1, 0.15) is 39.5 Å². The SMILES string of the molecule is CC1C(=O)NC(=O)CC1(C)CC1CC1. The molecule has 0 bridgehead atoms. The molecular formula is C11H17NO2. The zero-order chi connectivity index (χ0) is 10.3. The third-order valence-electron chi connectivity index (χ3n) is 3.72. The molecule has 78 valence electrons. The van der Waals surface area contributed by atoms with Gasteiger partial charge in [0.25, 0.3) is 0 Å². The van der Waals surface area contributed by atoms with Gasteiger partial charge in [-0.05, 0) is 17.8 Å². The van der Waals surface area contributed by atoms with Gasteiger partial charge < -0.3 is 0 Å². The Bertz CT molecular complexity index is 283. The molecule has 0 aromatic rings. The van der Waals surface area contributed by atoms with Crippen molar-refractivity contribution >= 4 is 11.8 Å². The maximum absolute atomic E-state index is 11.5. The lowest BCUT2D eigenvalue weighted by atomic mass is 9.69. The summed E-state index contributed by atoms with van der Waals surface area (Å²) in [6.07, 6.45) is 4.10. The molecule has 0 spiro atoms. The van der Waals surface area contributed by atoms with Crippen molar-refractivity contribution in [1.29, 1.82) is 0 Å². The van der Waals surface area contributed by atoms with E-state index in [0.717, 1.165) is 12.3 Å². The minimum atomic E-state index is -0.101. The number of rotatable bonds is 2. The first-order valence-electron chi connectivity index (χ1n) is 5.35. The molecule has 2 amide bonds. The monoisotopic (exact) mass is 195 g/mol. The molecular weight excluding hydrogens is 178 g/mol. The molecule has 0 radical (unpaired) electrons. The first-order valence-corrected chi connectivity index (χ1v) is 5.35. The van der Waals surface area contributed by atoms with Gasteiger partial charge in [-0.25, -0.2) is 0 Å². The fraction of sp³-hybridized carbons (Fsp3) is 0.818. The van der Waals surface area contributed by atoms with Crippen molar-refractivity contribution in [3.05, 3.63) is 0 Å². The summed E-state index contributed by atoms with van der Waals surface area (Å²) in [7, 11) is 0. The lowest BCUT2D eigenvalue weighted by Crippen LogP contribution is -2.50. The van der Waals surface area contributed by atoms with E-state index in [9.17, 15) is 9.59 Å². The molecule has 1 saturated carbocycles. The van der Waals surface area contributed by atoms with Crippen molar-refractivity contribution in [3.63, 3.8) is 0 Å². The van der Waals surface area contributed by atoms with Gasteiger partial charge in [0.2, 0.25) is 11.8 Å². The van der Waals surface area contributed by atoms with E-state index in [2.05, 4.69) is 12.2 Å². The second kappa shape index (κ2) is 3.07. The summed E-state index contributed by atoms with van der Waals surface area (Å²) in [6.45, 7) is 4.01. The summed E-state index contributed by atoms with van der Waals surface area (Å²) in [4.78, 5) is 22.8. The summed E-state index contributed by atoms with van der Waals surface area (Å²) in [5.41, 5.74) is -0.0966. The topological polar surface area (TPSA) is 46.2 Å². The Labute approximate surface area is 84.2 Å². The maximum Gasteiger partial charge on any atom is 0.229 e. The van der Waals surface area contributed by atoms with Crippen LogP contribution in [0.3, 0.4) is 0 Å². The summed E-state index contributed by atoms with van der Waals surface area (Å²) < 4.78 is 0. The fourth-order valence-electron chi connectivity index (χ4n) is 2.36. The number of carbonyl (C=O) groups excluding carboxylic acids is 2. The normalized spacial score (nSPS) is 38.3. The number of piperidine rings is 1. The quantitative estimate of drug-likeness (QED) is 0.678. The van der Waals surface area contributed by atoms with Gasteiger partial charge in [-0.2, -0.15) is 0 Å². The van der Waals surface area contributed by atoms with Crippen LogP contribution in [0.15, 0.2) is 0 Å². The second-order valence-electron chi connectivity index (χ2n) is 5.11. The highest BCUT2D eigenvalue weighted by molar-refractivity contribution is 5.99. The number of hydrogen-bond acceptors (Lipinski definition) is 2. The van der Waals surface area contributed by atoms with E-state index in [1.54, 1.807) is 0 Å². The zero-order valence-electron chi connectivity index (χ0n) is 8.80. The Morgan fingerprint density at radius 1 is 1.43 bits per heavy atom. The van der Waals surface area contributed by atoms with Crippen LogP contribution in [0, 0.1) is 17.3 Å². The van der Waals surface area contributed by atoms with Crippen molar-refractivity contribution in [3.8, 4) is 0 Å². The zero-order valence-corrected chi connectivity index (χ0v) is 8.80. The first kappa shape index (κ1) is 9.69. The molecule has 2 rings (SSSR count). The number of hydrogen-bond donors (Lipinski definition) is 1. The molecule has 0 aromatic heterocycles. The molecule has 2 aliphatic rings. The van der Waals surface area contributed by atoms with Crippen molar-refractivity contribution in [2.45, 2.75) is 39.5 Å². The van der Waals surface area contributed by atoms with Crippen molar-refractivity contribution in [2.24, 2.45) is 17.3 Å². The highest BCUT2D eigenvalue weighted by Gasteiger charge is 2.45. The molecule has 3 nitrogen and oxygen atoms in total. The van der Waals surface area contributed by atoms with Crippen LogP contribution in [0.2, 0.25) is 0 Å². The lowest BCUT2D eigenvalue weighted by Gasteiger charge is -2.38. The van der Waals surface area contributed by atoms with Gasteiger partial charge in [0.15, 0.2) is 0 Å². The van der Waals surface area contributed by atoms with E-state index in [0.29, 0.717) is 6.42 Å². The van der Waals surface area contributed by atoms with E-state index in [1.807, 2.05) is 6.92 Å². The van der Waals surface area contributed by atoms with E-state index in [4.69, 9.17) is 0 Å². The van der Waals surface area contributed by atoms with Gasteiger partial charge in [-0.15, -0.1) is 0 Å². The number of carbonyl (C=O) groups is 2. The Kier molecular flexibility index (Phi) is 2.13. The van der Waals surface area contributed by atoms with Gasteiger partial charge in [0.1, 0.15) is 0 Å². The van der Waals surface area contributed by atoms with Crippen LogP contribution in [-0.2, 0) is 9.59 Å². The minimum Gasteiger partial charge on any atom is -0.296 e. The second-order valence-corrected chi connectivity index (χ2v) is 5.11. The number of amides is 2. The van der Waals surface area contributed by atoms with Gasteiger partial charge in [-0.1, -0.05) is 26.7 Å². The van der Waals surface area contributed by atoms with E-state index >= 15 is 0 Å². The highest BCUT2D eigenvalue weighted by Crippen LogP contribution is 2.47. The van der Waals surface area contributed by atoms with Crippen LogP contribution in [-0.4, -0.2) is 11.8 Å². The summed E-state index contributed by atoms with van der Waals surface area (Å²) in [5.74, 6) is 0.544. The van der Waals surface area contributed by atoms with Gasteiger partial charge in [0, 0.05) is 12.3 Å². The molecule has 3 heteroatoms. The summed E-state index contributed by atoms with van der Waals surface area (Å²) in [6, 6.07) is 0. The first-order chi connectivity index (χ1) is 6.51. The lowest BCUT2D eigenvalue weighted by molar-refractivity contribution is -0.142. The molecule has 1 aliphatic carbocycles. The van der Waals surface area contributed by atoms with Crippen LogP contribution < -0.4 is 5.32 Å². The van der Waals surface area contributed by atoms with Crippen molar-refractivity contribution in [2.75, 3.05) is 0 Å². The predicted molar refractivity (Wildman–Crippen MR) is 52.4 cm³/mol. The molecule has 1 heterocycles. The fourth-order valence-corrected chi connectivity index (χ4v) is 2.36. The Morgan fingerprint density at radius 3 is 2.64 bits per heavy atom. The highest BCUT2D eigenvalue weighted by atomic mass is 16.2. The average Bonchev–Trinajstić information content (AvgIpc) is 2.83. The molecule has 2 atom stereocenters. The van der Waals surface area contributed by atoms with Gasteiger partial charge in [0.05, 0.1) is 0 Å². The maximum atomic E-state index is 11.5. The summed E-state index contributed by atoms with van der Waals surface area (Å²) in [5, 5.41) is 2.40. The van der Waals surface area contributed by atoms with E-state index in [1.165, 1.54) is 12.8 Å². The smallest absolute Gasteiger partial charge is 0.229 e. The molecule has 1 aliphatic heterocycles. The Morgan fingerprint density at radius 2 is 2.07 bits per heavy atom. The van der Waals surface area contributed by atoms with Crippen LogP contribution in [0.5, 0.6) is 0 Å². The Hall–Kier alpha value is -0.860. The number of nitrogens with one attached hydrogen (secondary N) is 1. The van der Waals surface area contributed by atoms with Gasteiger partial charge >= 0.3 is 0 Å². The average molecular weight is 195 g/mol. The van der Waals surface area contributed by atoms with E-state index in [-0.39, 0.29) is 23.1 Å². The van der Waals surface area contributed by atoms with E-state index < -0.39 is 0 Å². The predicted octanol–water partition coefficient (Wildman–Crippen LogP) is 1.48. The van der Waals surface area contributed by atoms with Crippen molar-refractivity contribution in [1.82, 2.24) is 5.32 Å². The molecule has 1 N–H and O–H groups in total. The number of imide groups is 1. The molecule has 0 aromatic carbocycles. The largest absolute Gasteiger partial charge is 0.296 e. The Balaban J connectivity index is 2.12. The van der Waals surface area contributed by atoms with Crippen LogP contribution >= 0.6 is 0 Å². The molecule has 14 heavy (non-hydrogen) atoms. The van der Waals surface area contributed by atoms with Crippen LogP contribution in [0.25, 0.3) is 0 Å².